The zero-order chi connectivity index (χ0) is 12.1. The van der Waals surface area contributed by atoms with E-state index in [4.69, 9.17) is 5.11 Å². The van der Waals surface area contributed by atoms with Gasteiger partial charge in [-0.2, -0.15) is 0 Å². The Balaban J connectivity index is 2.75. The minimum Gasteiger partial charge on any atom is -0.481 e. The van der Waals surface area contributed by atoms with Gasteiger partial charge in [-0.1, -0.05) is 35.9 Å². The van der Waals surface area contributed by atoms with Gasteiger partial charge in [-0.05, 0) is 38.3 Å². The van der Waals surface area contributed by atoms with E-state index in [-0.39, 0.29) is 0 Å². The third kappa shape index (κ3) is 3.54. The van der Waals surface area contributed by atoms with E-state index in [0.29, 0.717) is 0 Å². The van der Waals surface area contributed by atoms with Crippen LogP contribution < -0.4 is 0 Å². The van der Waals surface area contributed by atoms with Crippen molar-refractivity contribution < 1.29 is 9.90 Å². The molecule has 1 aromatic rings. The van der Waals surface area contributed by atoms with Crippen LogP contribution in [0.1, 0.15) is 37.8 Å². The Bertz CT molecular complexity index is 384. The molecule has 0 aliphatic heterocycles. The summed E-state index contributed by atoms with van der Waals surface area (Å²) in [6, 6.07) is 7.78. The van der Waals surface area contributed by atoms with Crippen LogP contribution >= 0.6 is 0 Å². The monoisotopic (exact) mass is 218 g/mol. The minimum atomic E-state index is -0.781. The van der Waals surface area contributed by atoms with Gasteiger partial charge in [0, 0.05) is 0 Å². The second-order valence-corrected chi connectivity index (χ2v) is 4.29. The summed E-state index contributed by atoms with van der Waals surface area (Å²) in [4.78, 5) is 10.8. The lowest BCUT2D eigenvalue weighted by Crippen LogP contribution is -2.07. The highest BCUT2D eigenvalue weighted by atomic mass is 16.4. The highest BCUT2D eigenvalue weighted by molar-refractivity contribution is 5.75. The van der Waals surface area contributed by atoms with E-state index in [9.17, 15) is 4.79 Å². The van der Waals surface area contributed by atoms with E-state index in [0.717, 1.165) is 12.0 Å². The van der Waals surface area contributed by atoms with E-state index in [1.807, 2.05) is 24.3 Å². The van der Waals surface area contributed by atoms with Gasteiger partial charge >= 0.3 is 5.97 Å². The summed E-state index contributed by atoms with van der Waals surface area (Å²) < 4.78 is 0. The highest BCUT2D eigenvalue weighted by Gasteiger charge is 2.12. The molecular weight excluding hydrogens is 200 g/mol. The number of carbonyl (C=O) groups is 1. The van der Waals surface area contributed by atoms with Crippen molar-refractivity contribution in [2.75, 3.05) is 0 Å². The number of rotatable bonds is 4. The SMILES string of the molecule is CC(C)=CCc1ccc(C(C)C(=O)O)cc1. The quantitative estimate of drug-likeness (QED) is 0.786. The summed E-state index contributed by atoms with van der Waals surface area (Å²) in [5.74, 6) is -1.21. The Morgan fingerprint density at radius 3 is 2.31 bits per heavy atom. The predicted octanol–water partition coefficient (Wildman–Crippen LogP) is 3.38. The molecule has 86 valence electrons. The summed E-state index contributed by atoms with van der Waals surface area (Å²) in [7, 11) is 0. The Morgan fingerprint density at radius 1 is 1.31 bits per heavy atom. The fourth-order valence-electron chi connectivity index (χ4n) is 1.41. The zero-order valence-electron chi connectivity index (χ0n) is 10.0. The Morgan fingerprint density at radius 2 is 1.88 bits per heavy atom. The van der Waals surface area contributed by atoms with Gasteiger partial charge in [0.15, 0.2) is 0 Å². The summed E-state index contributed by atoms with van der Waals surface area (Å²) >= 11 is 0. The average Bonchev–Trinajstić information content (AvgIpc) is 2.26. The molecule has 1 aromatic carbocycles. The second-order valence-electron chi connectivity index (χ2n) is 4.29. The first kappa shape index (κ1) is 12.5. The van der Waals surface area contributed by atoms with E-state index in [2.05, 4.69) is 19.9 Å². The molecule has 0 aliphatic carbocycles. The molecule has 0 bridgehead atoms. The topological polar surface area (TPSA) is 37.3 Å². The van der Waals surface area contributed by atoms with Crippen LogP contribution in [0.25, 0.3) is 0 Å². The zero-order valence-corrected chi connectivity index (χ0v) is 10.0. The van der Waals surface area contributed by atoms with Crippen LogP contribution in [0.15, 0.2) is 35.9 Å². The maximum atomic E-state index is 10.8. The highest BCUT2D eigenvalue weighted by Crippen LogP contribution is 2.16. The van der Waals surface area contributed by atoms with Gasteiger partial charge in [0.1, 0.15) is 0 Å². The number of hydrogen-bond donors (Lipinski definition) is 1. The Hall–Kier alpha value is -1.57. The molecular formula is C14H18O2. The maximum absolute atomic E-state index is 10.8. The van der Waals surface area contributed by atoms with Gasteiger partial charge in [0.05, 0.1) is 5.92 Å². The van der Waals surface area contributed by atoms with Gasteiger partial charge in [0.2, 0.25) is 0 Å². The average molecular weight is 218 g/mol. The fourth-order valence-corrected chi connectivity index (χ4v) is 1.41. The second kappa shape index (κ2) is 5.50. The van der Waals surface area contributed by atoms with E-state index in [1.165, 1.54) is 11.1 Å². The molecule has 2 heteroatoms. The normalized spacial score (nSPS) is 11.9. The lowest BCUT2D eigenvalue weighted by atomic mass is 9.99. The number of hydrogen-bond acceptors (Lipinski definition) is 1. The van der Waals surface area contributed by atoms with Crippen molar-refractivity contribution in [1.29, 1.82) is 0 Å². The third-order valence-electron chi connectivity index (χ3n) is 2.60. The first-order chi connectivity index (χ1) is 7.50. The molecule has 1 rings (SSSR count). The molecule has 0 aromatic heterocycles. The first-order valence-corrected chi connectivity index (χ1v) is 5.45. The summed E-state index contributed by atoms with van der Waals surface area (Å²) in [6.07, 6.45) is 3.07. The van der Waals surface area contributed by atoms with Gasteiger partial charge in [-0.15, -0.1) is 0 Å². The Labute approximate surface area is 96.6 Å². The maximum Gasteiger partial charge on any atom is 0.310 e. The van der Waals surface area contributed by atoms with Crippen molar-refractivity contribution >= 4 is 5.97 Å². The van der Waals surface area contributed by atoms with Crippen LogP contribution in [0, 0.1) is 0 Å². The third-order valence-corrected chi connectivity index (χ3v) is 2.60. The van der Waals surface area contributed by atoms with Crippen molar-refractivity contribution in [3.05, 3.63) is 47.0 Å². The minimum absolute atomic E-state index is 0.433. The lowest BCUT2D eigenvalue weighted by molar-refractivity contribution is -0.138. The van der Waals surface area contributed by atoms with Crippen LogP contribution in [-0.2, 0) is 11.2 Å². The smallest absolute Gasteiger partial charge is 0.310 e. The van der Waals surface area contributed by atoms with Crippen molar-refractivity contribution in [1.82, 2.24) is 0 Å². The summed E-state index contributed by atoms with van der Waals surface area (Å²) in [6.45, 7) is 5.84. The first-order valence-electron chi connectivity index (χ1n) is 5.45. The van der Waals surface area contributed by atoms with Crippen LogP contribution in [0.3, 0.4) is 0 Å². The molecule has 0 saturated heterocycles. The molecule has 1 N–H and O–H groups in total. The van der Waals surface area contributed by atoms with E-state index < -0.39 is 11.9 Å². The summed E-state index contributed by atoms with van der Waals surface area (Å²) in [5.41, 5.74) is 3.36. The number of allylic oxidation sites excluding steroid dienone is 2. The standard InChI is InChI=1S/C14H18O2/c1-10(2)4-5-12-6-8-13(9-7-12)11(3)14(15)16/h4,6-9,11H,5H2,1-3H3,(H,15,16). The molecule has 16 heavy (non-hydrogen) atoms. The van der Waals surface area contributed by atoms with E-state index >= 15 is 0 Å². The molecule has 0 radical (unpaired) electrons. The summed E-state index contributed by atoms with van der Waals surface area (Å²) in [5, 5.41) is 8.87. The van der Waals surface area contributed by atoms with Gasteiger partial charge in [0.25, 0.3) is 0 Å². The molecule has 1 atom stereocenters. The number of carboxylic acids is 1. The molecule has 0 aliphatic rings. The van der Waals surface area contributed by atoms with Crippen molar-refractivity contribution in [2.45, 2.75) is 33.1 Å². The van der Waals surface area contributed by atoms with Crippen LogP contribution in [-0.4, -0.2) is 11.1 Å². The van der Waals surface area contributed by atoms with Gasteiger partial charge in [-0.3, -0.25) is 4.79 Å². The molecule has 0 fully saturated rings. The van der Waals surface area contributed by atoms with Crippen LogP contribution in [0.4, 0.5) is 0 Å². The number of benzene rings is 1. The van der Waals surface area contributed by atoms with Crippen molar-refractivity contribution in [3.63, 3.8) is 0 Å². The molecule has 0 spiro atoms. The molecule has 1 unspecified atom stereocenters. The predicted molar refractivity (Wildman–Crippen MR) is 65.6 cm³/mol. The number of carboxylic acid groups (broad SMARTS) is 1. The largest absolute Gasteiger partial charge is 0.481 e. The lowest BCUT2D eigenvalue weighted by Gasteiger charge is -2.07. The van der Waals surface area contributed by atoms with E-state index in [1.54, 1.807) is 6.92 Å². The van der Waals surface area contributed by atoms with Crippen molar-refractivity contribution in [3.8, 4) is 0 Å². The fraction of sp³-hybridized carbons (Fsp3) is 0.357. The van der Waals surface area contributed by atoms with Gasteiger partial charge < -0.3 is 5.11 Å². The Kier molecular flexibility index (Phi) is 4.29. The molecule has 2 nitrogen and oxygen atoms in total. The van der Waals surface area contributed by atoms with Crippen LogP contribution in [0.2, 0.25) is 0 Å². The molecule has 0 saturated carbocycles. The molecule has 0 heterocycles. The van der Waals surface area contributed by atoms with Gasteiger partial charge in [-0.25, -0.2) is 0 Å². The van der Waals surface area contributed by atoms with Crippen molar-refractivity contribution in [2.24, 2.45) is 0 Å². The van der Waals surface area contributed by atoms with Crippen LogP contribution in [0.5, 0.6) is 0 Å². The number of aliphatic carboxylic acids is 1. The molecule has 0 amide bonds.